The van der Waals surface area contributed by atoms with Crippen molar-refractivity contribution >= 4 is 11.6 Å². The summed E-state index contributed by atoms with van der Waals surface area (Å²) in [5.41, 5.74) is 0.989. The molecule has 0 atom stereocenters. The summed E-state index contributed by atoms with van der Waals surface area (Å²) in [5, 5.41) is 6.09. The number of carbonyl (C=O) groups excluding carboxylic acids is 1. The van der Waals surface area contributed by atoms with Gasteiger partial charge in [0.25, 0.3) is 0 Å². The van der Waals surface area contributed by atoms with Gasteiger partial charge in [0.15, 0.2) is 0 Å². The lowest BCUT2D eigenvalue weighted by Crippen LogP contribution is -2.30. The predicted octanol–water partition coefficient (Wildman–Crippen LogP) is 3.19. The van der Waals surface area contributed by atoms with Crippen LogP contribution in [0.3, 0.4) is 0 Å². The Kier molecular flexibility index (Phi) is 5.73. The third-order valence-electron chi connectivity index (χ3n) is 3.81. The number of hydrogen-bond acceptors (Lipinski definition) is 2. The lowest BCUT2D eigenvalue weighted by molar-refractivity contribution is -0.119. The highest BCUT2D eigenvalue weighted by atomic mass is 16.1. The van der Waals surface area contributed by atoms with Gasteiger partial charge in [-0.25, -0.2) is 0 Å². The highest BCUT2D eigenvalue weighted by molar-refractivity contribution is 5.80. The number of amides is 1. The quantitative estimate of drug-likeness (QED) is 0.739. The molecule has 1 aliphatic carbocycles. The van der Waals surface area contributed by atoms with Gasteiger partial charge in [-0.15, -0.1) is 0 Å². The van der Waals surface area contributed by atoms with Crippen LogP contribution in [0.2, 0.25) is 0 Å². The monoisotopic (exact) mass is 260 g/mol. The minimum absolute atomic E-state index is 0.0790. The third kappa shape index (κ3) is 5.33. The molecular formula is C16H24N2O. The molecule has 1 aliphatic rings. The zero-order valence-corrected chi connectivity index (χ0v) is 11.5. The summed E-state index contributed by atoms with van der Waals surface area (Å²) in [6.07, 6.45) is 7.97. The molecule has 0 radical (unpaired) electrons. The number of anilines is 1. The van der Waals surface area contributed by atoms with Crippen molar-refractivity contribution in [1.29, 1.82) is 0 Å². The highest BCUT2D eigenvalue weighted by Gasteiger charge is 2.14. The Hall–Kier alpha value is -1.51. The lowest BCUT2D eigenvalue weighted by Gasteiger charge is -2.10. The fourth-order valence-electron chi connectivity index (χ4n) is 2.72. The Balaban J connectivity index is 1.52. The summed E-state index contributed by atoms with van der Waals surface area (Å²) >= 11 is 0. The average molecular weight is 260 g/mol. The molecule has 0 aliphatic heterocycles. The fraction of sp³-hybridized carbons (Fsp3) is 0.562. The highest BCUT2D eigenvalue weighted by Crippen LogP contribution is 2.28. The van der Waals surface area contributed by atoms with E-state index in [-0.39, 0.29) is 5.91 Å². The Bertz CT molecular complexity index is 372. The summed E-state index contributed by atoms with van der Waals surface area (Å²) in [7, 11) is 0. The van der Waals surface area contributed by atoms with Crippen molar-refractivity contribution in [2.45, 2.75) is 38.5 Å². The van der Waals surface area contributed by atoms with Crippen LogP contribution in [0.1, 0.15) is 38.5 Å². The molecule has 0 aromatic heterocycles. The van der Waals surface area contributed by atoms with E-state index in [9.17, 15) is 4.79 Å². The van der Waals surface area contributed by atoms with Crippen molar-refractivity contribution in [2.24, 2.45) is 5.92 Å². The van der Waals surface area contributed by atoms with E-state index in [1.165, 1.54) is 32.1 Å². The van der Waals surface area contributed by atoms with Gasteiger partial charge in [-0.3, -0.25) is 4.79 Å². The van der Waals surface area contributed by atoms with Crippen LogP contribution >= 0.6 is 0 Å². The maximum atomic E-state index is 11.6. The van der Waals surface area contributed by atoms with Gasteiger partial charge in [-0.05, 0) is 30.9 Å². The average Bonchev–Trinajstić information content (AvgIpc) is 2.96. The van der Waals surface area contributed by atoms with E-state index in [0.29, 0.717) is 6.54 Å². The first-order valence-electron chi connectivity index (χ1n) is 7.40. The molecule has 0 bridgehead atoms. The molecule has 1 saturated carbocycles. The van der Waals surface area contributed by atoms with Crippen LogP contribution in [-0.4, -0.2) is 19.0 Å². The minimum Gasteiger partial charge on any atom is -0.376 e. The summed E-state index contributed by atoms with van der Waals surface area (Å²) in [5.74, 6) is 0.995. The smallest absolute Gasteiger partial charge is 0.239 e. The van der Waals surface area contributed by atoms with E-state index in [4.69, 9.17) is 0 Å². The van der Waals surface area contributed by atoms with Gasteiger partial charge in [0.1, 0.15) is 0 Å². The van der Waals surface area contributed by atoms with E-state index in [1.807, 2.05) is 30.3 Å². The Morgan fingerprint density at radius 2 is 1.89 bits per heavy atom. The standard InChI is InChI=1S/C16H24N2O/c19-16(13-18-15-10-2-1-3-11-15)17-12-6-9-14-7-4-5-8-14/h1-3,10-11,14,18H,4-9,12-13H2,(H,17,19). The SMILES string of the molecule is O=C(CNc1ccccc1)NCCCC1CCCC1. The van der Waals surface area contributed by atoms with Gasteiger partial charge < -0.3 is 10.6 Å². The van der Waals surface area contributed by atoms with Crippen LogP contribution < -0.4 is 10.6 Å². The predicted molar refractivity (Wildman–Crippen MR) is 79.1 cm³/mol. The first-order chi connectivity index (χ1) is 9.34. The van der Waals surface area contributed by atoms with Gasteiger partial charge in [-0.1, -0.05) is 43.9 Å². The molecule has 1 aromatic rings. The summed E-state index contributed by atoms with van der Waals surface area (Å²) in [6.45, 7) is 1.17. The zero-order valence-electron chi connectivity index (χ0n) is 11.5. The second-order valence-corrected chi connectivity index (χ2v) is 5.36. The topological polar surface area (TPSA) is 41.1 Å². The molecule has 0 unspecified atom stereocenters. The number of para-hydroxylation sites is 1. The normalized spacial score (nSPS) is 15.4. The molecule has 19 heavy (non-hydrogen) atoms. The van der Waals surface area contributed by atoms with E-state index in [1.54, 1.807) is 0 Å². The fourth-order valence-corrected chi connectivity index (χ4v) is 2.72. The van der Waals surface area contributed by atoms with Crippen molar-refractivity contribution in [3.05, 3.63) is 30.3 Å². The summed E-state index contributed by atoms with van der Waals surface area (Å²) in [4.78, 5) is 11.6. The molecule has 1 fully saturated rings. The van der Waals surface area contributed by atoms with Crippen LogP contribution in [-0.2, 0) is 4.79 Å². The van der Waals surface area contributed by atoms with Crippen LogP contribution in [0.4, 0.5) is 5.69 Å². The Morgan fingerprint density at radius 1 is 1.16 bits per heavy atom. The largest absolute Gasteiger partial charge is 0.376 e. The number of rotatable bonds is 7. The molecule has 3 heteroatoms. The zero-order chi connectivity index (χ0) is 13.3. The van der Waals surface area contributed by atoms with Gasteiger partial charge in [-0.2, -0.15) is 0 Å². The first-order valence-corrected chi connectivity index (χ1v) is 7.40. The minimum atomic E-state index is 0.0790. The van der Waals surface area contributed by atoms with Crippen LogP contribution in [0.15, 0.2) is 30.3 Å². The van der Waals surface area contributed by atoms with E-state index < -0.39 is 0 Å². The second kappa shape index (κ2) is 7.82. The molecule has 1 aromatic carbocycles. The number of nitrogens with one attached hydrogen (secondary N) is 2. The Morgan fingerprint density at radius 3 is 2.63 bits per heavy atom. The number of hydrogen-bond donors (Lipinski definition) is 2. The van der Waals surface area contributed by atoms with E-state index in [2.05, 4.69) is 10.6 Å². The van der Waals surface area contributed by atoms with Gasteiger partial charge in [0, 0.05) is 12.2 Å². The molecule has 2 rings (SSSR count). The molecule has 3 nitrogen and oxygen atoms in total. The summed E-state index contributed by atoms with van der Waals surface area (Å²) in [6, 6.07) is 9.82. The molecule has 1 amide bonds. The maximum Gasteiger partial charge on any atom is 0.239 e. The van der Waals surface area contributed by atoms with Crippen molar-refractivity contribution < 1.29 is 4.79 Å². The van der Waals surface area contributed by atoms with Crippen LogP contribution in [0, 0.1) is 5.92 Å². The van der Waals surface area contributed by atoms with Gasteiger partial charge >= 0.3 is 0 Å². The summed E-state index contributed by atoms with van der Waals surface area (Å²) < 4.78 is 0. The third-order valence-corrected chi connectivity index (χ3v) is 3.81. The van der Waals surface area contributed by atoms with Crippen molar-refractivity contribution in [3.63, 3.8) is 0 Å². The molecule has 2 N–H and O–H groups in total. The van der Waals surface area contributed by atoms with Crippen molar-refractivity contribution in [3.8, 4) is 0 Å². The molecular weight excluding hydrogens is 236 g/mol. The lowest BCUT2D eigenvalue weighted by atomic mass is 10.0. The second-order valence-electron chi connectivity index (χ2n) is 5.36. The molecule has 0 spiro atoms. The van der Waals surface area contributed by atoms with Gasteiger partial charge in [0.2, 0.25) is 5.91 Å². The molecule has 104 valence electrons. The molecule has 0 heterocycles. The van der Waals surface area contributed by atoms with Crippen LogP contribution in [0.25, 0.3) is 0 Å². The van der Waals surface area contributed by atoms with Crippen LogP contribution in [0.5, 0.6) is 0 Å². The number of benzene rings is 1. The van der Waals surface area contributed by atoms with Gasteiger partial charge in [0.05, 0.1) is 6.54 Å². The Labute approximate surface area is 115 Å². The van der Waals surface area contributed by atoms with Crippen molar-refractivity contribution in [1.82, 2.24) is 5.32 Å². The molecule has 0 saturated heterocycles. The van der Waals surface area contributed by atoms with Crippen molar-refractivity contribution in [2.75, 3.05) is 18.4 Å². The number of carbonyl (C=O) groups is 1. The first kappa shape index (κ1) is 13.9. The van der Waals surface area contributed by atoms with E-state index >= 15 is 0 Å². The maximum absolute atomic E-state index is 11.6. The van der Waals surface area contributed by atoms with E-state index in [0.717, 1.165) is 24.6 Å².